The van der Waals surface area contributed by atoms with Crippen LogP contribution in [0.1, 0.15) is 45.6 Å². The molecule has 2 fully saturated rings. The highest BCUT2D eigenvalue weighted by Gasteiger charge is 2.35. The number of aliphatic hydroxyl groups excluding tert-OH is 1. The number of aliphatic hydroxyl groups is 1. The number of hydrogen-bond acceptors (Lipinski definition) is 5. The number of rotatable bonds is 5. The Balaban J connectivity index is 1.73. The van der Waals surface area contributed by atoms with Crippen LogP contribution < -0.4 is 16.0 Å². The van der Waals surface area contributed by atoms with Gasteiger partial charge in [0.2, 0.25) is 11.8 Å². The molecular formula is C22H32ClN3O4. The van der Waals surface area contributed by atoms with E-state index in [9.17, 15) is 14.7 Å². The van der Waals surface area contributed by atoms with Crippen molar-refractivity contribution in [2.45, 2.75) is 57.7 Å². The Labute approximate surface area is 182 Å². The van der Waals surface area contributed by atoms with Gasteiger partial charge in [0.05, 0.1) is 5.92 Å². The molecule has 3 atom stereocenters. The van der Waals surface area contributed by atoms with Crippen LogP contribution in [0, 0.1) is 11.8 Å². The number of ether oxygens (including phenoxy) is 1. The van der Waals surface area contributed by atoms with Gasteiger partial charge in [-0.15, -0.1) is 0 Å². The molecule has 0 saturated carbocycles. The molecule has 166 valence electrons. The number of hydrogen-bond donors (Lipinski definition) is 4. The highest BCUT2D eigenvalue weighted by Crippen LogP contribution is 2.31. The molecule has 2 heterocycles. The molecule has 4 N–H and O–H groups in total. The van der Waals surface area contributed by atoms with Crippen molar-refractivity contribution in [3.05, 3.63) is 28.8 Å². The zero-order chi connectivity index (χ0) is 21.9. The van der Waals surface area contributed by atoms with E-state index in [4.69, 9.17) is 16.3 Å². The van der Waals surface area contributed by atoms with E-state index < -0.39 is 12.3 Å². The van der Waals surface area contributed by atoms with Crippen LogP contribution in [0.25, 0.3) is 0 Å². The molecule has 8 heteroatoms. The molecule has 7 nitrogen and oxygen atoms in total. The largest absolute Gasteiger partial charge is 0.381 e. The Morgan fingerprint density at radius 3 is 2.53 bits per heavy atom. The number of halogens is 1. The molecule has 1 aromatic carbocycles. The van der Waals surface area contributed by atoms with Gasteiger partial charge >= 0.3 is 0 Å². The molecule has 0 bridgehead atoms. The van der Waals surface area contributed by atoms with Crippen LogP contribution in [0.5, 0.6) is 0 Å². The summed E-state index contributed by atoms with van der Waals surface area (Å²) in [6.45, 7) is 7.78. The number of benzene rings is 1. The standard InChI is InChI=1S/C22H32ClN3O4/c1-22(2,3)16-5-4-15(11-17(16)23)25-21(29)19(13-6-8-30-9-7-13)26-20(28)14-10-18(27)24-12-14/h4-5,11,13-14,18-19,24,27H,6-10,12H2,1-3H3,(H,25,29)(H,26,28)/t14-,18?,19+/m0/s1. The van der Waals surface area contributed by atoms with Gasteiger partial charge in [-0.25, -0.2) is 0 Å². The lowest BCUT2D eigenvalue weighted by atomic mass is 9.87. The molecule has 2 aliphatic rings. The van der Waals surface area contributed by atoms with Crippen molar-refractivity contribution in [3.8, 4) is 0 Å². The van der Waals surface area contributed by atoms with Crippen molar-refractivity contribution in [1.82, 2.24) is 10.6 Å². The Kier molecular flexibility index (Phi) is 7.39. The van der Waals surface area contributed by atoms with Gasteiger partial charge in [0, 0.05) is 30.5 Å². The third-order valence-corrected chi connectivity index (χ3v) is 6.15. The van der Waals surface area contributed by atoms with Gasteiger partial charge in [0.25, 0.3) is 0 Å². The van der Waals surface area contributed by atoms with Crippen LogP contribution in [0.3, 0.4) is 0 Å². The first-order valence-corrected chi connectivity index (χ1v) is 10.9. The van der Waals surface area contributed by atoms with Gasteiger partial charge in [-0.3, -0.25) is 14.9 Å². The second kappa shape index (κ2) is 9.64. The highest BCUT2D eigenvalue weighted by molar-refractivity contribution is 6.31. The molecule has 0 aromatic heterocycles. The summed E-state index contributed by atoms with van der Waals surface area (Å²) in [5, 5.41) is 18.9. The van der Waals surface area contributed by atoms with Crippen LogP contribution in [0.2, 0.25) is 5.02 Å². The molecule has 1 unspecified atom stereocenters. The summed E-state index contributed by atoms with van der Waals surface area (Å²) in [6.07, 6.45) is 1.07. The van der Waals surface area contributed by atoms with Crippen molar-refractivity contribution < 1.29 is 19.4 Å². The second-order valence-corrected chi connectivity index (χ2v) is 9.63. The van der Waals surface area contributed by atoms with Gasteiger partial charge < -0.3 is 20.5 Å². The quantitative estimate of drug-likeness (QED) is 0.567. The topological polar surface area (TPSA) is 99.7 Å². The van der Waals surface area contributed by atoms with Crippen LogP contribution in [0.15, 0.2) is 18.2 Å². The van der Waals surface area contributed by atoms with Crippen LogP contribution in [-0.2, 0) is 19.7 Å². The van der Waals surface area contributed by atoms with Crippen molar-refractivity contribution in [3.63, 3.8) is 0 Å². The molecule has 0 radical (unpaired) electrons. The molecule has 2 saturated heterocycles. The first-order chi connectivity index (χ1) is 14.1. The summed E-state index contributed by atoms with van der Waals surface area (Å²) in [4.78, 5) is 25.9. The normalized spacial score (nSPS) is 23.8. The van der Waals surface area contributed by atoms with E-state index in [2.05, 4.69) is 36.7 Å². The molecule has 3 rings (SSSR count). The minimum Gasteiger partial charge on any atom is -0.381 e. The summed E-state index contributed by atoms with van der Waals surface area (Å²) >= 11 is 6.44. The third-order valence-electron chi connectivity index (χ3n) is 5.84. The lowest BCUT2D eigenvalue weighted by Crippen LogP contribution is -2.51. The van der Waals surface area contributed by atoms with E-state index in [1.807, 2.05) is 12.1 Å². The molecule has 30 heavy (non-hydrogen) atoms. The molecule has 0 aliphatic carbocycles. The van der Waals surface area contributed by atoms with Gasteiger partial charge in [0.15, 0.2) is 0 Å². The molecule has 1 aromatic rings. The van der Waals surface area contributed by atoms with Crippen LogP contribution in [-0.4, -0.2) is 48.9 Å². The second-order valence-electron chi connectivity index (χ2n) is 9.23. The van der Waals surface area contributed by atoms with Crippen molar-refractivity contribution >= 4 is 29.1 Å². The Morgan fingerprint density at radius 1 is 1.27 bits per heavy atom. The van der Waals surface area contributed by atoms with Crippen LogP contribution in [0.4, 0.5) is 5.69 Å². The number of amides is 2. The van der Waals surface area contributed by atoms with E-state index >= 15 is 0 Å². The summed E-state index contributed by atoms with van der Waals surface area (Å²) in [5.74, 6) is -0.838. The summed E-state index contributed by atoms with van der Waals surface area (Å²) in [5.41, 5.74) is 1.50. The van der Waals surface area contributed by atoms with Gasteiger partial charge in [0.1, 0.15) is 12.3 Å². The van der Waals surface area contributed by atoms with Crippen LogP contribution >= 0.6 is 11.6 Å². The number of nitrogens with one attached hydrogen (secondary N) is 3. The van der Waals surface area contributed by atoms with Gasteiger partial charge in [-0.05, 0) is 48.3 Å². The van der Waals surface area contributed by atoms with Gasteiger partial charge in [-0.2, -0.15) is 0 Å². The third kappa shape index (κ3) is 5.72. The Bertz CT molecular complexity index is 774. The number of anilines is 1. The maximum absolute atomic E-state index is 13.1. The maximum Gasteiger partial charge on any atom is 0.247 e. The summed E-state index contributed by atoms with van der Waals surface area (Å²) in [6, 6.07) is 4.84. The number of carbonyl (C=O) groups is 2. The first-order valence-electron chi connectivity index (χ1n) is 10.6. The average Bonchev–Trinajstić information content (AvgIpc) is 3.12. The first kappa shape index (κ1) is 23.0. The maximum atomic E-state index is 13.1. The lowest BCUT2D eigenvalue weighted by molar-refractivity contribution is -0.130. The molecule has 0 spiro atoms. The summed E-state index contributed by atoms with van der Waals surface area (Å²) < 4.78 is 5.42. The zero-order valence-corrected chi connectivity index (χ0v) is 18.6. The molecule has 2 aliphatic heterocycles. The minimum absolute atomic E-state index is 0.00805. The van der Waals surface area contributed by atoms with Crippen molar-refractivity contribution in [2.24, 2.45) is 11.8 Å². The van der Waals surface area contributed by atoms with E-state index in [0.29, 0.717) is 49.7 Å². The van der Waals surface area contributed by atoms with E-state index in [-0.39, 0.29) is 29.1 Å². The Hall–Kier alpha value is -1.67. The fraction of sp³-hybridized carbons (Fsp3) is 0.636. The van der Waals surface area contributed by atoms with E-state index in [1.54, 1.807) is 6.07 Å². The fourth-order valence-corrected chi connectivity index (χ4v) is 4.52. The summed E-state index contributed by atoms with van der Waals surface area (Å²) in [7, 11) is 0. The monoisotopic (exact) mass is 437 g/mol. The zero-order valence-electron chi connectivity index (χ0n) is 17.8. The minimum atomic E-state index is -0.681. The Morgan fingerprint density at radius 2 is 1.97 bits per heavy atom. The van der Waals surface area contributed by atoms with Gasteiger partial charge in [-0.1, -0.05) is 38.4 Å². The fourth-order valence-electron chi connectivity index (χ4n) is 4.05. The smallest absolute Gasteiger partial charge is 0.247 e. The SMILES string of the molecule is CC(C)(C)c1ccc(NC(=O)[C@H](NC(=O)[C@@H]2CNC(O)C2)C2CCOCC2)cc1Cl. The van der Waals surface area contributed by atoms with E-state index in [1.165, 1.54) is 0 Å². The predicted octanol–water partition coefficient (Wildman–Crippen LogP) is 2.42. The highest BCUT2D eigenvalue weighted by atomic mass is 35.5. The lowest BCUT2D eigenvalue weighted by Gasteiger charge is -2.31. The van der Waals surface area contributed by atoms with E-state index in [0.717, 1.165) is 5.56 Å². The van der Waals surface area contributed by atoms with Crippen molar-refractivity contribution in [1.29, 1.82) is 0 Å². The predicted molar refractivity (Wildman–Crippen MR) is 116 cm³/mol. The van der Waals surface area contributed by atoms with Crippen molar-refractivity contribution in [2.75, 3.05) is 25.1 Å². The average molecular weight is 438 g/mol. The number of carbonyl (C=O) groups excluding carboxylic acids is 2. The molecule has 2 amide bonds. The molecular weight excluding hydrogens is 406 g/mol.